The zero-order valence-corrected chi connectivity index (χ0v) is 14.0. The molecule has 0 bridgehead atoms. The van der Waals surface area contributed by atoms with Gasteiger partial charge < -0.3 is 0 Å². The van der Waals surface area contributed by atoms with Crippen molar-refractivity contribution in [2.24, 2.45) is 0 Å². The normalized spacial score (nSPS) is 11.3. The van der Waals surface area contributed by atoms with Crippen LogP contribution in [-0.4, -0.2) is 9.97 Å². The van der Waals surface area contributed by atoms with Gasteiger partial charge in [0.25, 0.3) is 0 Å². The predicted octanol–water partition coefficient (Wildman–Crippen LogP) is 5.71. The van der Waals surface area contributed by atoms with E-state index in [4.69, 9.17) is 23.2 Å². The second-order valence-corrected chi connectivity index (χ2v) is 7.09. The van der Waals surface area contributed by atoms with Crippen molar-refractivity contribution in [1.82, 2.24) is 9.97 Å². The van der Waals surface area contributed by atoms with E-state index in [0.717, 1.165) is 20.6 Å². The molecular formula is C12H11BrCl2N2S. The summed E-state index contributed by atoms with van der Waals surface area (Å²) >= 11 is 17.1. The van der Waals surface area contributed by atoms with Gasteiger partial charge in [0.15, 0.2) is 5.82 Å². The zero-order valence-electron chi connectivity index (χ0n) is 10.1. The molecule has 2 aromatic heterocycles. The second kappa shape index (κ2) is 5.45. The number of halogens is 3. The largest absolute Gasteiger partial charge is 0.232 e. The molecule has 0 spiro atoms. The highest BCUT2D eigenvalue weighted by Gasteiger charge is 2.16. The first kappa shape index (κ1) is 14.3. The molecule has 0 amide bonds. The molecule has 0 atom stereocenters. The molecule has 0 aliphatic rings. The van der Waals surface area contributed by atoms with Crippen molar-refractivity contribution in [2.45, 2.75) is 26.7 Å². The van der Waals surface area contributed by atoms with Crippen molar-refractivity contribution in [3.05, 3.63) is 31.3 Å². The number of nitrogens with zero attached hydrogens (tertiary/aromatic N) is 2. The van der Waals surface area contributed by atoms with Crippen LogP contribution in [0.4, 0.5) is 0 Å². The van der Waals surface area contributed by atoms with E-state index in [1.807, 2.05) is 13.0 Å². The molecule has 2 heterocycles. The Bertz CT molecular complexity index is 553. The fraction of sp³-hybridized carbons (Fsp3) is 0.333. The molecular weight excluding hydrogens is 355 g/mol. The lowest BCUT2D eigenvalue weighted by Gasteiger charge is -2.11. The maximum atomic E-state index is 6.23. The summed E-state index contributed by atoms with van der Waals surface area (Å²) in [5, 5.41) is 0.521. The van der Waals surface area contributed by atoms with Gasteiger partial charge in [0.1, 0.15) is 9.49 Å². The van der Waals surface area contributed by atoms with Gasteiger partial charge >= 0.3 is 0 Å². The first-order valence-corrected chi connectivity index (χ1v) is 7.76. The SMILES string of the molecule is Cc1nc(-c2cc(Br)c(Cl)s2)nc(Cl)c1C(C)C. The smallest absolute Gasteiger partial charge is 0.171 e. The lowest BCUT2D eigenvalue weighted by molar-refractivity contribution is 0.831. The number of thiophene rings is 1. The molecule has 2 aromatic rings. The van der Waals surface area contributed by atoms with Crippen LogP contribution in [0.2, 0.25) is 9.49 Å². The fourth-order valence-corrected chi connectivity index (χ4v) is 3.84. The van der Waals surface area contributed by atoms with E-state index in [1.54, 1.807) is 0 Å². The van der Waals surface area contributed by atoms with Crippen molar-refractivity contribution in [3.63, 3.8) is 0 Å². The number of hydrogen-bond donors (Lipinski definition) is 0. The maximum Gasteiger partial charge on any atom is 0.171 e. The minimum Gasteiger partial charge on any atom is -0.232 e. The third kappa shape index (κ3) is 2.72. The van der Waals surface area contributed by atoms with E-state index in [9.17, 15) is 0 Å². The van der Waals surface area contributed by atoms with Crippen LogP contribution in [0.1, 0.15) is 31.0 Å². The Labute approximate surface area is 129 Å². The summed E-state index contributed by atoms with van der Waals surface area (Å²) in [6.45, 7) is 6.11. The topological polar surface area (TPSA) is 25.8 Å². The first-order chi connectivity index (χ1) is 8.40. The average Bonchev–Trinajstić information content (AvgIpc) is 2.57. The van der Waals surface area contributed by atoms with Crippen molar-refractivity contribution in [2.75, 3.05) is 0 Å². The van der Waals surface area contributed by atoms with Crippen LogP contribution in [0.5, 0.6) is 0 Å². The van der Waals surface area contributed by atoms with Crippen molar-refractivity contribution < 1.29 is 0 Å². The van der Waals surface area contributed by atoms with E-state index in [0.29, 0.717) is 21.2 Å². The Balaban J connectivity index is 2.54. The van der Waals surface area contributed by atoms with E-state index in [-0.39, 0.29) is 0 Å². The standard InChI is InChI=1S/C12H11BrCl2N2S/c1-5(2)9-6(3)16-12(17-10(9)14)8-4-7(13)11(15)18-8/h4-5H,1-3H3. The van der Waals surface area contributed by atoms with Gasteiger partial charge in [0.05, 0.1) is 4.88 Å². The zero-order chi connectivity index (χ0) is 13.4. The highest BCUT2D eigenvalue weighted by atomic mass is 79.9. The van der Waals surface area contributed by atoms with E-state index < -0.39 is 0 Å². The summed E-state index contributed by atoms with van der Waals surface area (Å²) in [5.74, 6) is 0.935. The van der Waals surface area contributed by atoms with Crippen LogP contribution in [0, 0.1) is 6.92 Å². The molecule has 96 valence electrons. The molecule has 2 nitrogen and oxygen atoms in total. The lowest BCUT2D eigenvalue weighted by atomic mass is 10.0. The molecule has 6 heteroatoms. The van der Waals surface area contributed by atoms with Crippen molar-refractivity contribution in [3.8, 4) is 10.7 Å². The minimum absolute atomic E-state index is 0.310. The summed E-state index contributed by atoms with van der Waals surface area (Å²) < 4.78 is 1.55. The summed E-state index contributed by atoms with van der Waals surface area (Å²) in [4.78, 5) is 9.79. The highest BCUT2D eigenvalue weighted by molar-refractivity contribution is 9.10. The van der Waals surface area contributed by atoms with Crippen LogP contribution >= 0.6 is 50.5 Å². The molecule has 0 saturated carbocycles. The van der Waals surface area contributed by atoms with Gasteiger partial charge in [-0.25, -0.2) is 9.97 Å². The molecule has 0 aromatic carbocycles. The van der Waals surface area contributed by atoms with Crippen LogP contribution in [0.15, 0.2) is 10.5 Å². The van der Waals surface area contributed by atoms with Gasteiger partial charge in [-0.15, -0.1) is 11.3 Å². The molecule has 0 unspecified atom stereocenters. The van der Waals surface area contributed by atoms with E-state index >= 15 is 0 Å². The molecule has 0 saturated heterocycles. The Morgan fingerprint density at radius 3 is 2.39 bits per heavy atom. The Kier molecular flexibility index (Phi) is 4.32. The first-order valence-electron chi connectivity index (χ1n) is 5.39. The second-order valence-electron chi connectivity index (χ2n) is 4.22. The van der Waals surface area contributed by atoms with E-state index in [1.165, 1.54) is 11.3 Å². The number of aromatic nitrogens is 2. The molecule has 0 aliphatic heterocycles. The third-order valence-corrected chi connectivity index (χ3v) is 5.29. The van der Waals surface area contributed by atoms with Crippen LogP contribution in [0.25, 0.3) is 10.7 Å². The Hall–Kier alpha value is -0.160. The number of rotatable bonds is 2. The van der Waals surface area contributed by atoms with Crippen molar-refractivity contribution >= 4 is 50.5 Å². The summed E-state index contributed by atoms with van der Waals surface area (Å²) in [6.07, 6.45) is 0. The molecule has 18 heavy (non-hydrogen) atoms. The average molecular weight is 366 g/mol. The van der Waals surface area contributed by atoms with Crippen molar-refractivity contribution in [1.29, 1.82) is 0 Å². The molecule has 2 rings (SSSR count). The summed E-state index contributed by atoms with van der Waals surface area (Å²) in [6, 6.07) is 1.91. The minimum atomic E-state index is 0.310. The van der Waals surface area contributed by atoms with Crippen LogP contribution in [0.3, 0.4) is 0 Å². The maximum absolute atomic E-state index is 6.23. The molecule has 0 N–H and O–H groups in total. The van der Waals surface area contributed by atoms with Crippen LogP contribution < -0.4 is 0 Å². The lowest BCUT2D eigenvalue weighted by Crippen LogP contribution is -2.01. The predicted molar refractivity (Wildman–Crippen MR) is 81.9 cm³/mol. The Morgan fingerprint density at radius 1 is 1.28 bits per heavy atom. The summed E-state index contributed by atoms with van der Waals surface area (Å²) in [7, 11) is 0. The molecule has 0 fully saturated rings. The van der Waals surface area contributed by atoms with Gasteiger partial charge in [-0.1, -0.05) is 37.0 Å². The van der Waals surface area contributed by atoms with Gasteiger partial charge in [0, 0.05) is 15.7 Å². The van der Waals surface area contributed by atoms with E-state index in [2.05, 4.69) is 39.7 Å². The van der Waals surface area contributed by atoms with Crippen LogP contribution in [-0.2, 0) is 0 Å². The quantitative estimate of drug-likeness (QED) is 0.637. The van der Waals surface area contributed by atoms with Gasteiger partial charge in [-0.05, 0) is 34.8 Å². The molecule has 0 radical (unpaired) electrons. The van der Waals surface area contributed by atoms with Gasteiger partial charge in [-0.2, -0.15) is 0 Å². The Morgan fingerprint density at radius 2 is 1.94 bits per heavy atom. The fourth-order valence-electron chi connectivity index (χ4n) is 1.77. The van der Waals surface area contributed by atoms with Gasteiger partial charge in [0.2, 0.25) is 0 Å². The number of hydrogen-bond acceptors (Lipinski definition) is 3. The third-order valence-electron chi connectivity index (χ3n) is 2.53. The highest BCUT2D eigenvalue weighted by Crippen LogP contribution is 2.37. The van der Waals surface area contributed by atoms with Gasteiger partial charge in [-0.3, -0.25) is 0 Å². The molecule has 0 aliphatic carbocycles. The monoisotopic (exact) mass is 364 g/mol. The summed E-state index contributed by atoms with van der Waals surface area (Å²) in [5.41, 5.74) is 1.92. The number of aryl methyl sites for hydroxylation is 1.